The highest BCUT2D eigenvalue weighted by molar-refractivity contribution is 7.91. The maximum absolute atomic E-state index is 5.71. The third kappa shape index (κ3) is 7.86. The van der Waals surface area contributed by atoms with Gasteiger partial charge in [-0.1, -0.05) is 0 Å². The van der Waals surface area contributed by atoms with Crippen LogP contribution in [0.3, 0.4) is 0 Å². The average Bonchev–Trinajstić information content (AvgIpc) is 2.54. The normalized spacial score (nSPS) is 27.7. The van der Waals surface area contributed by atoms with Crippen molar-refractivity contribution in [3.8, 4) is 0 Å². The van der Waals surface area contributed by atoms with Gasteiger partial charge in [0, 0.05) is 42.3 Å². The Morgan fingerprint density at radius 1 is 0.389 bits per heavy atom. The highest BCUT2D eigenvalue weighted by atomic mass is 31.3. The van der Waals surface area contributed by atoms with E-state index >= 15 is 0 Å². The first-order valence-corrected chi connectivity index (χ1v) is 20.1. The Hall–Kier alpha value is 0.640. The number of nitrogens with zero attached hydrogens (tertiary/aromatic N) is 5. The van der Waals surface area contributed by atoms with E-state index in [4.69, 9.17) is 18.1 Å². The van der Waals surface area contributed by atoms with Crippen molar-refractivity contribution in [3.05, 3.63) is 0 Å². The molecule has 2 unspecified atom stereocenters. The van der Waals surface area contributed by atoms with Gasteiger partial charge >= 0.3 is 0 Å². The third-order valence-electron chi connectivity index (χ3n) is 4.67. The lowest BCUT2D eigenvalue weighted by Gasteiger charge is -2.52. The molecule has 0 fully saturated rings. The summed E-state index contributed by atoms with van der Waals surface area (Å²) in [6.07, 6.45) is 0. The first-order chi connectivity index (χ1) is 16.4. The summed E-state index contributed by atoms with van der Waals surface area (Å²) in [7, 11) is -10.5. The highest BCUT2D eigenvalue weighted by Crippen LogP contribution is 2.86. The molecular weight excluding hydrogens is 530 g/mol. The third-order valence-corrected chi connectivity index (χ3v) is 21.6. The highest BCUT2D eigenvalue weighted by Gasteiger charge is 2.53. The Kier molecular flexibility index (Phi) is 11.3. The fourth-order valence-corrected chi connectivity index (χ4v) is 24.8. The summed E-state index contributed by atoms with van der Waals surface area (Å²) in [5.74, 6) is 0. The summed E-state index contributed by atoms with van der Waals surface area (Å²) < 4.78 is 25.3. The van der Waals surface area contributed by atoms with Gasteiger partial charge in [0.15, 0.2) is 0 Å². The topological polar surface area (TPSA) is 125 Å². The Morgan fingerprint density at radius 2 is 0.639 bits per heavy atom. The molecule has 0 aromatic carbocycles. The quantitative estimate of drug-likeness (QED) is 0.124. The van der Waals surface area contributed by atoms with Crippen LogP contribution in [0.2, 0.25) is 0 Å². The van der Waals surface area contributed by atoms with Crippen molar-refractivity contribution in [3.63, 3.8) is 0 Å². The zero-order valence-electron chi connectivity index (χ0n) is 25.1. The van der Waals surface area contributed by atoms with Crippen LogP contribution in [0.25, 0.3) is 0 Å². The van der Waals surface area contributed by atoms with E-state index in [1.165, 1.54) is 0 Å². The molecule has 0 aromatic heterocycles. The molecular formula is C21H55N11P4. The molecule has 36 heavy (non-hydrogen) atoms. The molecule has 11 nitrogen and oxygen atoms in total. The molecule has 2 rings (SSSR count). The molecule has 2 aliphatic heterocycles. The minimum Gasteiger partial charge on any atom is -0.251 e. The van der Waals surface area contributed by atoms with Crippen molar-refractivity contribution in [2.75, 3.05) is 0 Å². The summed E-state index contributed by atoms with van der Waals surface area (Å²) in [4.78, 5) is 0. The molecule has 0 spiro atoms. The molecule has 2 atom stereocenters. The zero-order chi connectivity index (χ0) is 27.7. The maximum Gasteiger partial charge on any atom is 0.226 e. The predicted molar refractivity (Wildman–Crippen MR) is 164 cm³/mol. The summed E-state index contributed by atoms with van der Waals surface area (Å²) in [6, 6.07) is 1.31. The Labute approximate surface area is 222 Å². The first-order valence-electron chi connectivity index (χ1n) is 13.4. The minimum atomic E-state index is -2.67. The number of hydrogen-bond donors (Lipinski definition) is 6. The van der Waals surface area contributed by atoms with Gasteiger partial charge in [0.1, 0.15) is 0 Å². The number of nitrogens with one attached hydrogen (secondary N) is 6. The monoisotopic (exact) mass is 585 g/mol. The van der Waals surface area contributed by atoms with Crippen LogP contribution in [-0.2, 0) is 0 Å². The molecule has 0 radical (unpaired) electrons. The molecule has 214 valence electrons. The molecule has 6 N–H and O–H groups in total. The zero-order valence-corrected chi connectivity index (χ0v) is 28.6. The lowest BCUT2D eigenvalue weighted by Crippen LogP contribution is -2.43. The Morgan fingerprint density at radius 3 is 0.833 bits per heavy atom. The van der Waals surface area contributed by atoms with Crippen LogP contribution in [0.5, 0.6) is 0 Å². The van der Waals surface area contributed by atoms with E-state index in [0.717, 1.165) is 0 Å². The smallest absolute Gasteiger partial charge is 0.226 e. The van der Waals surface area contributed by atoms with Crippen molar-refractivity contribution in [1.29, 1.82) is 0 Å². The fourth-order valence-electron chi connectivity index (χ4n) is 4.41. The van der Waals surface area contributed by atoms with Gasteiger partial charge in [-0.25, -0.2) is 0 Å². The van der Waals surface area contributed by atoms with Gasteiger partial charge in [-0.15, -0.1) is 0 Å². The van der Waals surface area contributed by atoms with E-state index in [1.54, 1.807) is 0 Å². The maximum atomic E-state index is 5.71. The standard InChI is InChI=1S/C21H55N11P4/c1-15(2)22-33(23-16(3)4)28-35(26-19(9)10)30-34(24-17(5)6,25-18(7)8)31-36(29-33,27-20(11)12)32(35)21(13)14/h15-27H,1-14H3. The van der Waals surface area contributed by atoms with Crippen molar-refractivity contribution >= 4 is 30.0 Å². The van der Waals surface area contributed by atoms with Crippen molar-refractivity contribution in [2.24, 2.45) is 18.1 Å². The van der Waals surface area contributed by atoms with Crippen LogP contribution >= 0.6 is 30.0 Å². The van der Waals surface area contributed by atoms with Gasteiger partial charge in [0.25, 0.3) is 0 Å². The Balaban J connectivity index is 3.18. The van der Waals surface area contributed by atoms with Crippen LogP contribution in [0.1, 0.15) is 96.9 Å². The van der Waals surface area contributed by atoms with E-state index < -0.39 is 30.0 Å². The van der Waals surface area contributed by atoms with E-state index in [1.807, 2.05) is 0 Å². The van der Waals surface area contributed by atoms with Crippen molar-refractivity contribution < 1.29 is 0 Å². The molecule has 0 saturated carbocycles. The van der Waals surface area contributed by atoms with Gasteiger partial charge in [-0.05, 0) is 96.9 Å². The van der Waals surface area contributed by atoms with Gasteiger partial charge in [0.05, 0.1) is 0 Å². The van der Waals surface area contributed by atoms with Gasteiger partial charge in [0.2, 0.25) is 30.0 Å². The van der Waals surface area contributed by atoms with Crippen molar-refractivity contribution in [1.82, 2.24) is 35.0 Å². The SMILES string of the molecule is CC(C)NP1(NC(C)C)=NP2(NC(C)C)=NP(NC(C)C)(NC(C)C)=NP(NC(C)C)(=N1)N2C(C)C. The van der Waals surface area contributed by atoms with E-state index in [-0.39, 0.29) is 42.3 Å². The summed E-state index contributed by atoms with van der Waals surface area (Å²) in [5.41, 5.74) is 0. The van der Waals surface area contributed by atoms with E-state index in [9.17, 15) is 0 Å². The minimum absolute atomic E-state index is 0.143. The first kappa shape index (κ1) is 32.8. The fraction of sp³-hybridized carbons (Fsp3) is 1.00. The van der Waals surface area contributed by atoms with Crippen LogP contribution < -0.4 is 30.5 Å². The van der Waals surface area contributed by atoms with Gasteiger partial charge in [-0.3, -0.25) is 30.5 Å². The summed E-state index contributed by atoms with van der Waals surface area (Å²) >= 11 is 0. The van der Waals surface area contributed by atoms with Crippen LogP contribution in [0, 0.1) is 0 Å². The van der Waals surface area contributed by atoms with Crippen LogP contribution in [-0.4, -0.2) is 46.7 Å². The average molecular weight is 586 g/mol. The lowest BCUT2D eigenvalue weighted by atomic mass is 10.4. The number of rotatable bonds is 13. The lowest BCUT2D eigenvalue weighted by molar-refractivity contribution is 0.527. The molecule has 2 bridgehead atoms. The van der Waals surface area contributed by atoms with Gasteiger partial charge in [-0.2, -0.15) is 22.5 Å². The molecule has 0 aromatic rings. The second-order valence-corrected chi connectivity index (χ2v) is 22.1. The molecule has 2 heterocycles. The van der Waals surface area contributed by atoms with Crippen LogP contribution in [0.15, 0.2) is 18.1 Å². The number of hydrogen-bond acceptors (Lipinski definition) is 11. The largest absolute Gasteiger partial charge is 0.251 e. The second-order valence-electron chi connectivity index (χ2n) is 11.8. The molecule has 2 aliphatic rings. The number of fused-ring (bicyclic) bond motifs is 2. The summed E-state index contributed by atoms with van der Waals surface area (Å²) in [5, 5.41) is 23.0. The Bertz CT molecular complexity index is 880. The van der Waals surface area contributed by atoms with E-state index in [0.29, 0.717) is 0 Å². The predicted octanol–water partition coefficient (Wildman–Crippen LogP) is 7.50. The summed E-state index contributed by atoms with van der Waals surface area (Å²) in [6.45, 7) is 30.5. The second kappa shape index (κ2) is 12.4. The molecule has 15 heteroatoms. The molecule has 0 amide bonds. The van der Waals surface area contributed by atoms with E-state index in [2.05, 4.69) is 132 Å². The van der Waals surface area contributed by atoms with Crippen LogP contribution in [0.4, 0.5) is 0 Å². The molecule has 0 aliphatic carbocycles. The van der Waals surface area contributed by atoms with Gasteiger partial charge < -0.3 is 0 Å². The molecule has 0 saturated heterocycles. The van der Waals surface area contributed by atoms with Crippen molar-refractivity contribution in [2.45, 2.75) is 139 Å².